The Morgan fingerprint density at radius 2 is 1.90 bits per heavy atom. The van der Waals surface area contributed by atoms with Crippen LogP contribution in [0.3, 0.4) is 0 Å². The molecule has 0 saturated carbocycles. The highest BCUT2D eigenvalue weighted by Gasteiger charge is 2.27. The summed E-state index contributed by atoms with van der Waals surface area (Å²) in [5, 5.41) is 11.9. The second-order valence-corrected chi connectivity index (χ2v) is 3.98. The Morgan fingerprint density at radius 3 is 2.45 bits per heavy atom. The van der Waals surface area contributed by atoms with Crippen LogP contribution in [0.1, 0.15) is 11.7 Å². The summed E-state index contributed by atoms with van der Waals surface area (Å²) in [5.41, 5.74) is 0.378. The number of nitrogens with one attached hydrogen (secondary N) is 1. The topological polar surface area (TPSA) is 58.6 Å². The number of rotatable bonds is 6. The molecule has 112 valence electrons. The molecular weight excluding hydrogens is 282 g/mol. The van der Waals surface area contributed by atoms with Crippen molar-refractivity contribution in [2.24, 2.45) is 0 Å². The smallest absolute Gasteiger partial charge is 0.387 e. The van der Waals surface area contributed by atoms with Gasteiger partial charge in [0.2, 0.25) is 5.91 Å². The van der Waals surface area contributed by atoms with Crippen LogP contribution in [0.15, 0.2) is 24.3 Å². The molecule has 0 aromatic heterocycles. The van der Waals surface area contributed by atoms with Gasteiger partial charge in [0.15, 0.2) is 0 Å². The van der Waals surface area contributed by atoms with E-state index >= 15 is 0 Å². The number of ether oxygens (including phenoxy) is 1. The first-order chi connectivity index (χ1) is 9.28. The second kappa shape index (κ2) is 7.20. The van der Waals surface area contributed by atoms with E-state index in [1.165, 1.54) is 12.1 Å². The van der Waals surface area contributed by atoms with Crippen molar-refractivity contribution >= 4 is 5.91 Å². The molecule has 0 fully saturated rings. The van der Waals surface area contributed by atoms with Crippen LogP contribution in [-0.2, 0) is 9.53 Å². The molecule has 0 spiro atoms. The minimum Gasteiger partial charge on any atom is -0.387 e. The van der Waals surface area contributed by atoms with Gasteiger partial charge in [-0.2, -0.15) is 13.2 Å². The lowest BCUT2D eigenvalue weighted by atomic mass is 10.1. The van der Waals surface area contributed by atoms with Crippen LogP contribution in [0.25, 0.3) is 0 Å². The molecule has 0 aliphatic heterocycles. The number of carbonyl (C=O) groups excluding carboxylic acids is 1. The number of benzene rings is 1. The summed E-state index contributed by atoms with van der Waals surface area (Å²) in [6.45, 7) is -2.48. The molecular formula is C12H13F4NO3. The van der Waals surface area contributed by atoms with E-state index in [0.717, 1.165) is 12.1 Å². The fourth-order valence-corrected chi connectivity index (χ4v) is 1.32. The van der Waals surface area contributed by atoms with Crippen LogP contribution in [0.4, 0.5) is 17.6 Å². The molecule has 0 bridgehead atoms. The summed E-state index contributed by atoms with van der Waals surface area (Å²) in [4.78, 5) is 11.1. The van der Waals surface area contributed by atoms with Crippen molar-refractivity contribution in [1.82, 2.24) is 5.32 Å². The van der Waals surface area contributed by atoms with Crippen LogP contribution in [0, 0.1) is 5.82 Å². The lowest BCUT2D eigenvalue weighted by molar-refractivity contribution is -0.175. The molecule has 0 radical (unpaired) electrons. The first kappa shape index (κ1) is 16.4. The molecule has 1 unspecified atom stereocenters. The highest BCUT2D eigenvalue weighted by Crippen LogP contribution is 2.14. The molecule has 0 heterocycles. The zero-order chi connectivity index (χ0) is 15.2. The van der Waals surface area contributed by atoms with Crippen LogP contribution < -0.4 is 5.32 Å². The Kier molecular flexibility index (Phi) is 5.90. The lowest BCUT2D eigenvalue weighted by Crippen LogP contribution is -2.32. The first-order valence-electron chi connectivity index (χ1n) is 5.62. The van der Waals surface area contributed by atoms with Gasteiger partial charge in [0.1, 0.15) is 19.0 Å². The number of hydrogen-bond donors (Lipinski definition) is 2. The second-order valence-electron chi connectivity index (χ2n) is 3.98. The number of alkyl halides is 3. The Morgan fingerprint density at radius 1 is 1.30 bits per heavy atom. The molecule has 1 aromatic rings. The summed E-state index contributed by atoms with van der Waals surface area (Å²) < 4.78 is 52.0. The molecule has 0 aliphatic carbocycles. The quantitative estimate of drug-likeness (QED) is 0.783. The maximum absolute atomic E-state index is 12.6. The van der Waals surface area contributed by atoms with Gasteiger partial charge in [0.25, 0.3) is 0 Å². The monoisotopic (exact) mass is 295 g/mol. The number of aliphatic hydroxyl groups is 1. The molecule has 8 heteroatoms. The van der Waals surface area contributed by atoms with Gasteiger partial charge in [-0.1, -0.05) is 12.1 Å². The fourth-order valence-electron chi connectivity index (χ4n) is 1.32. The van der Waals surface area contributed by atoms with Gasteiger partial charge in [-0.3, -0.25) is 4.79 Å². The van der Waals surface area contributed by atoms with Crippen LogP contribution in [0.5, 0.6) is 0 Å². The van der Waals surface area contributed by atoms with Crippen molar-refractivity contribution in [3.8, 4) is 0 Å². The molecule has 4 nitrogen and oxygen atoms in total. The van der Waals surface area contributed by atoms with Gasteiger partial charge in [-0.05, 0) is 17.7 Å². The SMILES string of the molecule is O=C(COCC(F)(F)F)NCC(O)c1ccc(F)cc1. The van der Waals surface area contributed by atoms with Crippen LogP contribution >= 0.6 is 0 Å². The van der Waals surface area contributed by atoms with Crippen LogP contribution in [0.2, 0.25) is 0 Å². The number of hydrogen-bond acceptors (Lipinski definition) is 3. The lowest BCUT2D eigenvalue weighted by Gasteiger charge is -2.12. The third-order valence-electron chi connectivity index (χ3n) is 2.25. The Balaban J connectivity index is 2.28. The van der Waals surface area contributed by atoms with E-state index in [2.05, 4.69) is 10.1 Å². The van der Waals surface area contributed by atoms with Crippen LogP contribution in [-0.4, -0.2) is 36.9 Å². The Labute approximate surface area is 112 Å². The minimum absolute atomic E-state index is 0.208. The largest absolute Gasteiger partial charge is 0.411 e. The normalized spacial score (nSPS) is 13.1. The van der Waals surface area contributed by atoms with Gasteiger partial charge in [0, 0.05) is 6.54 Å². The third-order valence-corrected chi connectivity index (χ3v) is 2.25. The van der Waals surface area contributed by atoms with Crippen molar-refractivity contribution in [2.45, 2.75) is 12.3 Å². The van der Waals surface area contributed by atoms with Crippen molar-refractivity contribution in [1.29, 1.82) is 0 Å². The number of carbonyl (C=O) groups is 1. The highest BCUT2D eigenvalue weighted by molar-refractivity contribution is 5.77. The van der Waals surface area contributed by atoms with Gasteiger partial charge < -0.3 is 15.2 Å². The molecule has 1 rings (SSSR count). The standard InChI is InChI=1S/C12H13F4NO3/c13-9-3-1-8(2-4-9)10(18)5-17-11(19)6-20-7-12(14,15)16/h1-4,10,18H,5-7H2,(H,17,19). The molecule has 0 aliphatic rings. The van der Waals surface area contributed by atoms with Gasteiger partial charge in [-0.15, -0.1) is 0 Å². The zero-order valence-electron chi connectivity index (χ0n) is 10.3. The molecule has 0 saturated heterocycles. The van der Waals surface area contributed by atoms with E-state index in [9.17, 15) is 27.5 Å². The van der Waals surface area contributed by atoms with E-state index < -0.39 is 37.2 Å². The van der Waals surface area contributed by atoms with Gasteiger partial charge in [-0.25, -0.2) is 4.39 Å². The summed E-state index contributed by atoms with van der Waals surface area (Å²) in [5.74, 6) is -1.25. The van der Waals surface area contributed by atoms with Crippen molar-refractivity contribution < 1.29 is 32.2 Å². The number of aliphatic hydroxyl groups excluding tert-OH is 1. The Bertz CT molecular complexity index is 433. The van der Waals surface area contributed by atoms with E-state index in [-0.39, 0.29) is 6.54 Å². The molecule has 1 amide bonds. The summed E-state index contributed by atoms with van der Waals surface area (Å²) >= 11 is 0. The predicted molar refractivity (Wildman–Crippen MR) is 61.2 cm³/mol. The van der Waals surface area contributed by atoms with E-state index in [4.69, 9.17) is 0 Å². The predicted octanol–water partition coefficient (Wildman–Crippen LogP) is 1.55. The average Bonchev–Trinajstić information content (AvgIpc) is 2.35. The summed E-state index contributed by atoms with van der Waals surface area (Å²) in [6.07, 6.45) is -5.57. The van der Waals surface area contributed by atoms with E-state index in [0.29, 0.717) is 5.56 Å². The third kappa shape index (κ3) is 6.48. The van der Waals surface area contributed by atoms with E-state index in [1.54, 1.807) is 0 Å². The zero-order valence-corrected chi connectivity index (χ0v) is 10.3. The Hall–Kier alpha value is -1.67. The maximum Gasteiger partial charge on any atom is 0.411 e. The van der Waals surface area contributed by atoms with E-state index in [1.807, 2.05) is 0 Å². The molecule has 2 N–H and O–H groups in total. The van der Waals surface area contributed by atoms with Gasteiger partial charge >= 0.3 is 6.18 Å². The highest BCUT2D eigenvalue weighted by atomic mass is 19.4. The molecule has 1 aromatic carbocycles. The van der Waals surface area contributed by atoms with Gasteiger partial charge in [0.05, 0.1) is 6.10 Å². The first-order valence-corrected chi connectivity index (χ1v) is 5.62. The van der Waals surface area contributed by atoms with Crippen molar-refractivity contribution in [3.05, 3.63) is 35.6 Å². The average molecular weight is 295 g/mol. The maximum atomic E-state index is 12.6. The summed E-state index contributed by atoms with van der Waals surface area (Å²) in [6, 6.07) is 4.97. The van der Waals surface area contributed by atoms with Crippen molar-refractivity contribution in [3.63, 3.8) is 0 Å². The van der Waals surface area contributed by atoms with Crippen molar-refractivity contribution in [2.75, 3.05) is 19.8 Å². The number of halogens is 4. The molecule has 20 heavy (non-hydrogen) atoms. The minimum atomic E-state index is -4.49. The number of amides is 1. The fraction of sp³-hybridized carbons (Fsp3) is 0.417. The summed E-state index contributed by atoms with van der Waals surface area (Å²) in [7, 11) is 0. The molecule has 1 atom stereocenters.